The molecule has 0 fully saturated rings. The summed E-state index contributed by atoms with van der Waals surface area (Å²) >= 11 is 0. The number of esters is 1. The number of hydrogen-bond acceptors (Lipinski definition) is 4. The van der Waals surface area contributed by atoms with Gasteiger partial charge in [0.2, 0.25) is 5.91 Å². The molecule has 0 spiro atoms. The van der Waals surface area contributed by atoms with E-state index in [2.05, 4.69) is 15.2 Å². The lowest BCUT2D eigenvalue weighted by Gasteiger charge is -2.13. The number of amides is 1. The van der Waals surface area contributed by atoms with E-state index in [-0.39, 0.29) is 17.5 Å². The van der Waals surface area contributed by atoms with Gasteiger partial charge in [-0.3, -0.25) is 9.48 Å². The van der Waals surface area contributed by atoms with E-state index in [1.807, 2.05) is 13.8 Å². The molecule has 19 heavy (non-hydrogen) atoms. The summed E-state index contributed by atoms with van der Waals surface area (Å²) in [6, 6.07) is 0. The Morgan fingerprint density at radius 2 is 1.95 bits per heavy atom. The maximum atomic E-state index is 12.1. The minimum absolute atomic E-state index is 0.0647. The molecule has 106 valence electrons. The van der Waals surface area contributed by atoms with Crippen LogP contribution >= 0.6 is 0 Å². The second-order valence-electron chi connectivity index (χ2n) is 4.43. The van der Waals surface area contributed by atoms with Gasteiger partial charge in [0.05, 0.1) is 18.5 Å². The first kappa shape index (κ1) is 15.2. The summed E-state index contributed by atoms with van der Waals surface area (Å²) in [5.41, 5.74) is 1.30. The normalized spacial score (nSPS) is 10.6. The van der Waals surface area contributed by atoms with Crippen molar-refractivity contribution < 1.29 is 14.3 Å². The quantitative estimate of drug-likeness (QED) is 0.827. The third kappa shape index (κ3) is 3.13. The molecule has 1 aromatic rings. The van der Waals surface area contributed by atoms with Crippen molar-refractivity contribution >= 4 is 17.6 Å². The molecule has 0 aromatic carbocycles. The van der Waals surface area contributed by atoms with Gasteiger partial charge in [-0.05, 0) is 19.8 Å². The highest BCUT2D eigenvalue weighted by atomic mass is 16.5. The molecule has 0 atom stereocenters. The van der Waals surface area contributed by atoms with Crippen LogP contribution in [0.1, 0.15) is 42.9 Å². The molecule has 1 N–H and O–H groups in total. The van der Waals surface area contributed by atoms with Gasteiger partial charge in [0, 0.05) is 13.0 Å². The number of anilines is 1. The molecular weight excluding hydrogens is 246 g/mol. The standard InChI is InChI=1S/C13H21N3O3/c1-6-9(7-2)12(17)14-10-8(3)16(4)15-11(10)13(18)19-5/h9H,6-7H2,1-5H3,(H,14,17). The number of aryl methyl sites for hydroxylation is 1. The molecule has 1 rings (SSSR count). The Bertz CT molecular complexity index is 476. The molecule has 0 unspecified atom stereocenters. The van der Waals surface area contributed by atoms with Crippen molar-refractivity contribution in [1.82, 2.24) is 9.78 Å². The van der Waals surface area contributed by atoms with E-state index in [1.165, 1.54) is 7.11 Å². The van der Waals surface area contributed by atoms with Crippen molar-refractivity contribution in [2.45, 2.75) is 33.6 Å². The lowest BCUT2D eigenvalue weighted by atomic mass is 10.0. The van der Waals surface area contributed by atoms with E-state index in [0.717, 1.165) is 18.5 Å². The highest BCUT2D eigenvalue weighted by molar-refractivity contribution is 6.01. The predicted molar refractivity (Wildman–Crippen MR) is 72.0 cm³/mol. The zero-order chi connectivity index (χ0) is 14.6. The maximum absolute atomic E-state index is 12.1. The van der Waals surface area contributed by atoms with Crippen molar-refractivity contribution in [2.75, 3.05) is 12.4 Å². The summed E-state index contributed by atoms with van der Waals surface area (Å²) in [6.45, 7) is 5.72. The van der Waals surface area contributed by atoms with Gasteiger partial charge in [0.15, 0.2) is 5.69 Å². The average molecular weight is 267 g/mol. The van der Waals surface area contributed by atoms with Gasteiger partial charge in [-0.25, -0.2) is 4.79 Å². The van der Waals surface area contributed by atoms with E-state index in [1.54, 1.807) is 18.7 Å². The van der Waals surface area contributed by atoms with Gasteiger partial charge < -0.3 is 10.1 Å². The SMILES string of the molecule is CCC(CC)C(=O)Nc1c(C(=O)OC)nn(C)c1C. The highest BCUT2D eigenvalue weighted by Gasteiger charge is 2.24. The van der Waals surface area contributed by atoms with Crippen LogP contribution in [-0.2, 0) is 16.6 Å². The van der Waals surface area contributed by atoms with E-state index in [0.29, 0.717) is 5.69 Å². The number of ether oxygens (including phenoxy) is 1. The smallest absolute Gasteiger partial charge is 0.360 e. The number of nitrogens with zero attached hydrogens (tertiary/aromatic N) is 2. The van der Waals surface area contributed by atoms with Crippen molar-refractivity contribution in [3.05, 3.63) is 11.4 Å². The molecule has 0 aliphatic heterocycles. The minimum atomic E-state index is -0.552. The van der Waals surface area contributed by atoms with E-state index < -0.39 is 5.97 Å². The first-order valence-corrected chi connectivity index (χ1v) is 6.38. The number of aromatic nitrogens is 2. The zero-order valence-corrected chi connectivity index (χ0v) is 12.1. The molecule has 0 bridgehead atoms. The molecule has 1 heterocycles. The Morgan fingerprint density at radius 1 is 1.37 bits per heavy atom. The fraction of sp³-hybridized carbons (Fsp3) is 0.615. The number of carbonyl (C=O) groups excluding carboxylic acids is 2. The lowest BCUT2D eigenvalue weighted by molar-refractivity contribution is -0.120. The molecular formula is C13H21N3O3. The predicted octanol–water partition coefficient (Wildman–Crippen LogP) is 1.89. The van der Waals surface area contributed by atoms with Gasteiger partial charge in [-0.1, -0.05) is 13.8 Å². The summed E-state index contributed by atoms with van der Waals surface area (Å²) < 4.78 is 6.22. The molecule has 0 radical (unpaired) electrons. The van der Waals surface area contributed by atoms with Crippen molar-refractivity contribution in [2.24, 2.45) is 13.0 Å². The fourth-order valence-corrected chi connectivity index (χ4v) is 1.88. The van der Waals surface area contributed by atoms with E-state index in [9.17, 15) is 9.59 Å². The minimum Gasteiger partial charge on any atom is -0.464 e. The van der Waals surface area contributed by atoms with Crippen LogP contribution in [0.4, 0.5) is 5.69 Å². The summed E-state index contributed by atoms with van der Waals surface area (Å²) in [4.78, 5) is 23.7. The molecule has 1 aromatic heterocycles. The molecule has 0 saturated carbocycles. The summed E-state index contributed by atoms with van der Waals surface area (Å²) in [6.07, 6.45) is 1.52. The van der Waals surface area contributed by atoms with Crippen LogP contribution in [0.25, 0.3) is 0 Å². The molecule has 0 aliphatic carbocycles. The molecule has 6 nitrogen and oxygen atoms in total. The van der Waals surface area contributed by atoms with Gasteiger partial charge >= 0.3 is 5.97 Å². The fourth-order valence-electron chi connectivity index (χ4n) is 1.88. The molecule has 6 heteroatoms. The Labute approximate surface area is 113 Å². The monoisotopic (exact) mass is 267 g/mol. The third-order valence-corrected chi connectivity index (χ3v) is 3.32. The Balaban J connectivity index is 3.06. The second kappa shape index (κ2) is 6.36. The van der Waals surface area contributed by atoms with Crippen LogP contribution in [0.5, 0.6) is 0 Å². The number of methoxy groups -OCH3 is 1. The van der Waals surface area contributed by atoms with Crippen LogP contribution in [0, 0.1) is 12.8 Å². The van der Waals surface area contributed by atoms with Crippen LogP contribution in [0.15, 0.2) is 0 Å². The second-order valence-corrected chi connectivity index (χ2v) is 4.43. The topological polar surface area (TPSA) is 73.2 Å². The van der Waals surface area contributed by atoms with Gasteiger partial charge in [0.1, 0.15) is 0 Å². The molecule has 0 aliphatic rings. The Hall–Kier alpha value is -1.85. The highest BCUT2D eigenvalue weighted by Crippen LogP contribution is 2.22. The van der Waals surface area contributed by atoms with Gasteiger partial charge in [-0.2, -0.15) is 5.10 Å². The molecule has 0 saturated heterocycles. The maximum Gasteiger partial charge on any atom is 0.360 e. The van der Waals surface area contributed by atoms with Crippen molar-refractivity contribution in [3.8, 4) is 0 Å². The summed E-state index contributed by atoms with van der Waals surface area (Å²) in [5, 5.41) is 6.87. The van der Waals surface area contributed by atoms with Crippen molar-refractivity contribution in [3.63, 3.8) is 0 Å². The van der Waals surface area contributed by atoms with Gasteiger partial charge in [0.25, 0.3) is 0 Å². The van der Waals surface area contributed by atoms with E-state index >= 15 is 0 Å². The number of hydrogen-bond donors (Lipinski definition) is 1. The first-order valence-electron chi connectivity index (χ1n) is 6.38. The third-order valence-electron chi connectivity index (χ3n) is 3.32. The lowest BCUT2D eigenvalue weighted by Crippen LogP contribution is -2.23. The average Bonchev–Trinajstić information content (AvgIpc) is 2.67. The van der Waals surface area contributed by atoms with Crippen LogP contribution < -0.4 is 5.32 Å². The first-order chi connectivity index (χ1) is 8.96. The van der Waals surface area contributed by atoms with Gasteiger partial charge in [-0.15, -0.1) is 0 Å². The largest absolute Gasteiger partial charge is 0.464 e. The van der Waals surface area contributed by atoms with E-state index in [4.69, 9.17) is 0 Å². The Morgan fingerprint density at radius 3 is 2.42 bits per heavy atom. The number of nitrogens with one attached hydrogen (secondary N) is 1. The van der Waals surface area contributed by atoms with Crippen LogP contribution in [0.2, 0.25) is 0 Å². The summed E-state index contributed by atoms with van der Waals surface area (Å²) in [7, 11) is 3.01. The number of carbonyl (C=O) groups is 2. The summed E-state index contributed by atoms with van der Waals surface area (Å²) in [5.74, 6) is -0.708. The number of rotatable bonds is 5. The van der Waals surface area contributed by atoms with Crippen LogP contribution in [0.3, 0.4) is 0 Å². The molecule has 1 amide bonds. The zero-order valence-electron chi connectivity index (χ0n) is 12.1. The van der Waals surface area contributed by atoms with Crippen molar-refractivity contribution in [1.29, 1.82) is 0 Å². The Kier molecular flexibility index (Phi) is 5.09. The van der Waals surface area contributed by atoms with Crippen LogP contribution in [-0.4, -0.2) is 28.8 Å².